The Hall–Kier alpha value is -1.58. The Balaban J connectivity index is 2.36. The van der Waals surface area contributed by atoms with Crippen LogP contribution in [0, 0.1) is 6.92 Å². The lowest BCUT2D eigenvalue weighted by Gasteiger charge is -2.37. The van der Waals surface area contributed by atoms with Gasteiger partial charge in [0.1, 0.15) is 5.75 Å². The van der Waals surface area contributed by atoms with Crippen molar-refractivity contribution < 1.29 is 27.4 Å². The molecule has 2 aromatic rings. The van der Waals surface area contributed by atoms with Gasteiger partial charge in [0.15, 0.2) is 0 Å². The third kappa shape index (κ3) is 5.46. The van der Waals surface area contributed by atoms with E-state index in [9.17, 15) is 23.7 Å². The highest BCUT2D eigenvalue weighted by atomic mass is 32.3. The fourth-order valence-electron chi connectivity index (χ4n) is 2.50. The summed E-state index contributed by atoms with van der Waals surface area (Å²) >= 11 is 0. The van der Waals surface area contributed by atoms with E-state index in [1.807, 2.05) is 6.92 Å². The molecule has 0 spiro atoms. The lowest BCUT2D eigenvalue weighted by Crippen LogP contribution is -2.23. The van der Waals surface area contributed by atoms with Crippen LogP contribution in [0.2, 0.25) is 0 Å². The second kappa shape index (κ2) is 8.88. The normalized spacial score (nSPS) is 12.9. The van der Waals surface area contributed by atoms with E-state index in [0.717, 1.165) is 11.1 Å². The smallest absolute Gasteiger partial charge is 0.306 e. The van der Waals surface area contributed by atoms with Crippen molar-refractivity contribution in [3.8, 4) is 5.75 Å². The molecule has 0 amide bonds. The molecule has 6 nitrogen and oxygen atoms in total. The minimum Gasteiger partial charge on any atom is -0.508 e. The zero-order valence-corrected chi connectivity index (χ0v) is 16.2. The molecule has 144 valence electrons. The quantitative estimate of drug-likeness (QED) is 0.597. The third-order valence-electron chi connectivity index (χ3n) is 3.84. The molecule has 0 heterocycles. The molecule has 0 bridgehead atoms. The number of phenolic OH excluding ortho intramolecular Hbond substituents is 1. The standard InChI is InChI=1S/C18H24O6S2/c1-15-2-8-18(9-3-15)26(22,23)24-25(12-10-19,13-11-20)14-16-4-6-17(21)7-5-16/h2-9,19-21H,10-14H2,1H3. The molecule has 0 saturated carbocycles. The number of rotatable bonds is 9. The maximum atomic E-state index is 12.7. The van der Waals surface area contributed by atoms with Crippen molar-refractivity contribution >= 4 is 20.4 Å². The van der Waals surface area contributed by atoms with Crippen molar-refractivity contribution in [3.63, 3.8) is 0 Å². The fourth-order valence-corrected chi connectivity index (χ4v) is 7.50. The van der Waals surface area contributed by atoms with Crippen LogP contribution in [-0.2, 0) is 19.5 Å². The van der Waals surface area contributed by atoms with Gasteiger partial charge in [0.25, 0.3) is 0 Å². The molecule has 0 aliphatic heterocycles. The zero-order chi connectivity index (χ0) is 19.2. The van der Waals surface area contributed by atoms with E-state index in [-0.39, 0.29) is 41.1 Å². The maximum absolute atomic E-state index is 12.7. The summed E-state index contributed by atoms with van der Waals surface area (Å²) in [6, 6.07) is 12.7. The first-order chi connectivity index (χ1) is 12.3. The molecule has 0 unspecified atom stereocenters. The van der Waals surface area contributed by atoms with Gasteiger partial charge in [-0.3, -0.25) is 0 Å². The highest BCUT2D eigenvalue weighted by Crippen LogP contribution is 2.53. The number of hydrogen-bond donors (Lipinski definition) is 3. The summed E-state index contributed by atoms with van der Waals surface area (Å²) in [5, 5.41) is 28.4. The van der Waals surface area contributed by atoms with Gasteiger partial charge in [0.05, 0.1) is 18.1 Å². The number of hydrogen-bond acceptors (Lipinski definition) is 6. The highest BCUT2D eigenvalue weighted by Gasteiger charge is 2.32. The van der Waals surface area contributed by atoms with Gasteiger partial charge >= 0.3 is 10.1 Å². The Morgan fingerprint density at radius 1 is 0.885 bits per heavy atom. The minimum absolute atomic E-state index is 0.0431. The van der Waals surface area contributed by atoms with Crippen LogP contribution in [0.15, 0.2) is 53.4 Å². The number of aromatic hydroxyl groups is 1. The largest absolute Gasteiger partial charge is 0.508 e. The molecule has 0 aliphatic carbocycles. The first kappa shape index (κ1) is 20.7. The molecule has 0 aromatic heterocycles. The second-order valence-corrected chi connectivity index (χ2v) is 10.9. The molecule has 26 heavy (non-hydrogen) atoms. The predicted molar refractivity (Wildman–Crippen MR) is 103 cm³/mol. The average molecular weight is 401 g/mol. The minimum atomic E-state index is -4.04. The second-order valence-electron chi connectivity index (χ2n) is 5.97. The van der Waals surface area contributed by atoms with Crippen molar-refractivity contribution in [2.75, 3.05) is 24.7 Å². The van der Waals surface area contributed by atoms with E-state index in [2.05, 4.69) is 0 Å². The van der Waals surface area contributed by atoms with Gasteiger partial charge in [-0.25, -0.2) is 3.63 Å². The Labute approximate surface area is 155 Å². The molecule has 0 radical (unpaired) electrons. The lowest BCUT2D eigenvalue weighted by molar-refractivity contribution is 0.312. The van der Waals surface area contributed by atoms with Crippen LogP contribution in [0.25, 0.3) is 0 Å². The van der Waals surface area contributed by atoms with Gasteiger partial charge in [-0.05, 0) is 36.8 Å². The summed E-state index contributed by atoms with van der Waals surface area (Å²) in [7, 11) is -6.39. The van der Waals surface area contributed by atoms with E-state index in [4.69, 9.17) is 3.63 Å². The molecule has 0 saturated heterocycles. The van der Waals surface area contributed by atoms with Crippen LogP contribution in [0.4, 0.5) is 0 Å². The first-order valence-electron chi connectivity index (χ1n) is 8.09. The fraction of sp³-hybridized carbons (Fsp3) is 0.333. The monoisotopic (exact) mass is 400 g/mol. The molecule has 2 aromatic carbocycles. The molecule has 0 aliphatic rings. The Morgan fingerprint density at radius 3 is 1.92 bits per heavy atom. The number of aliphatic hydroxyl groups is 2. The van der Waals surface area contributed by atoms with Gasteiger partial charge in [-0.1, -0.05) is 29.8 Å². The van der Waals surface area contributed by atoms with Gasteiger partial charge in [-0.15, -0.1) is 10.3 Å². The van der Waals surface area contributed by atoms with Crippen molar-refractivity contribution in [1.82, 2.24) is 0 Å². The SMILES string of the molecule is Cc1ccc(S(=O)(=O)OS(CCO)(CCO)Cc2ccc(O)cc2)cc1. The van der Waals surface area contributed by atoms with Gasteiger partial charge in [0, 0.05) is 17.3 Å². The van der Waals surface area contributed by atoms with Crippen LogP contribution < -0.4 is 0 Å². The average Bonchev–Trinajstić information content (AvgIpc) is 2.57. The van der Waals surface area contributed by atoms with Gasteiger partial charge in [-0.2, -0.15) is 8.42 Å². The Morgan fingerprint density at radius 2 is 1.42 bits per heavy atom. The van der Waals surface area contributed by atoms with Crippen molar-refractivity contribution in [3.05, 3.63) is 59.7 Å². The Bertz CT molecular complexity index is 795. The van der Waals surface area contributed by atoms with Crippen LogP contribution in [-0.4, -0.2) is 48.5 Å². The van der Waals surface area contributed by atoms with E-state index in [0.29, 0.717) is 0 Å². The van der Waals surface area contributed by atoms with E-state index >= 15 is 0 Å². The summed E-state index contributed by atoms with van der Waals surface area (Å²) in [6.07, 6.45) is 0. The van der Waals surface area contributed by atoms with Gasteiger partial charge in [0.2, 0.25) is 0 Å². The molecular weight excluding hydrogens is 376 g/mol. The molecule has 8 heteroatoms. The highest BCUT2D eigenvalue weighted by molar-refractivity contribution is 8.32. The van der Waals surface area contributed by atoms with E-state index in [1.54, 1.807) is 24.3 Å². The Kier molecular flexibility index (Phi) is 7.08. The zero-order valence-electron chi connectivity index (χ0n) is 14.5. The number of benzene rings is 2. The summed E-state index contributed by atoms with van der Waals surface area (Å²) < 4.78 is 31.1. The van der Waals surface area contributed by atoms with Crippen LogP contribution in [0.1, 0.15) is 11.1 Å². The number of aliphatic hydroxyl groups excluding tert-OH is 2. The molecule has 2 rings (SSSR count). The third-order valence-corrected chi connectivity index (χ3v) is 9.27. The van der Waals surface area contributed by atoms with E-state index in [1.165, 1.54) is 24.3 Å². The van der Waals surface area contributed by atoms with E-state index < -0.39 is 20.4 Å². The lowest BCUT2D eigenvalue weighted by atomic mass is 10.2. The van der Waals surface area contributed by atoms with Crippen LogP contribution >= 0.6 is 10.3 Å². The summed E-state index contributed by atoms with van der Waals surface area (Å²) in [5.41, 5.74) is 1.69. The van der Waals surface area contributed by atoms with Crippen LogP contribution in [0.3, 0.4) is 0 Å². The first-order valence-corrected chi connectivity index (χ1v) is 11.6. The van der Waals surface area contributed by atoms with Crippen molar-refractivity contribution in [1.29, 1.82) is 0 Å². The topological polar surface area (TPSA) is 104 Å². The summed E-state index contributed by atoms with van der Waals surface area (Å²) in [6.45, 7) is 1.35. The molecule has 0 fully saturated rings. The molecule has 3 N–H and O–H groups in total. The predicted octanol–water partition coefficient (Wildman–Crippen LogP) is 2.31. The molecule has 0 atom stereocenters. The van der Waals surface area contributed by atoms with Crippen molar-refractivity contribution in [2.45, 2.75) is 17.6 Å². The number of phenols is 1. The van der Waals surface area contributed by atoms with Crippen molar-refractivity contribution in [2.24, 2.45) is 0 Å². The number of aryl methyl sites for hydroxylation is 1. The molecular formula is C18H24O6S2. The summed E-state index contributed by atoms with van der Waals surface area (Å²) in [5.74, 6) is 0.602. The summed E-state index contributed by atoms with van der Waals surface area (Å²) in [4.78, 5) is 0.0431. The van der Waals surface area contributed by atoms with Crippen LogP contribution in [0.5, 0.6) is 5.75 Å². The maximum Gasteiger partial charge on any atom is 0.306 e. The van der Waals surface area contributed by atoms with Gasteiger partial charge < -0.3 is 15.3 Å².